The minimum Gasteiger partial charge on any atom is -1.00 e. The number of methoxy groups -OCH3 is 2. The van der Waals surface area contributed by atoms with E-state index in [2.05, 4.69) is 0 Å². The van der Waals surface area contributed by atoms with Gasteiger partial charge in [-0.05, 0) is 25.1 Å². The van der Waals surface area contributed by atoms with E-state index in [0.29, 0.717) is 11.5 Å². The van der Waals surface area contributed by atoms with Crippen molar-refractivity contribution in [1.29, 1.82) is 0 Å². The van der Waals surface area contributed by atoms with Crippen molar-refractivity contribution in [2.45, 2.75) is 6.92 Å². The van der Waals surface area contributed by atoms with Gasteiger partial charge in [0.25, 0.3) is 0 Å². The van der Waals surface area contributed by atoms with Gasteiger partial charge in [0.2, 0.25) is 0 Å². The van der Waals surface area contributed by atoms with Gasteiger partial charge in [-0.25, -0.2) is 0 Å². The van der Waals surface area contributed by atoms with Crippen molar-refractivity contribution >= 4 is 12.2 Å². The fourth-order valence-electron chi connectivity index (χ4n) is 2.27. The molecule has 1 heterocycles. The summed E-state index contributed by atoms with van der Waals surface area (Å²) >= 11 is 0. The number of aryl methyl sites for hydroxylation is 1. The Labute approximate surface area is 142 Å². The third kappa shape index (κ3) is 3.74. The molecule has 0 amide bonds. The van der Waals surface area contributed by atoms with Crippen LogP contribution in [0, 0.1) is 6.92 Å². The van der Waals surface area contributed by atoms with Crippen LogP contribution in [0.5, 0.6) is 11.5 Å². The first kappa shape index (κ1) is 18.8. The lowest BCUT2D eigenvalue weighted by Crippen LogP contribution is -3.00. The van der Waals surface area contributed by atoms with Crippen LogP contribution in [-0.2, 0) is 14.1 Å². The lowest BCUT2D eigenvalue weighted by Gasteiger charge is -2.09. The number of para-hydroxylation sites is 1. The first-order chi connectivity index (χ1) is 10.5. The SMILES string of the molecule is COc1cccc(C=Cc2cc(C)[n+](C)c(=O)n2C)c1OC.[Cl-]. The minimum atomic E-state index is -0.0581. The smallest absolute Gasteiger partial charge is 0.498 e. The van der Waals surface area contributed by atoms with Crippen molar-refractivity contribution < 1.29 is 26.4 Å². The van der Waals surface area contributed by atoms with E-state index < -0.39 is 0 Å². The van der Waals surface area contributed by atoms with Gasteiger partial charge >= 0.3 is 5.69 Å². The number of benzene rings is 1. The number of halogens is 1. The van der Waals surface area contributed by atoms with Gasteiger partial charge in [-0.15, -0.1) is 0 Å². The van der Waals surface area contributed by atoms with Crippen LogP contribution in [0.15, 0.2) is 29.1 Å². The summed E-state index contributed by atoms with van der Waals surface area (Å²) in [5.74, 6) is 1.35. The first-order valence-electron chi connectivity index (χ1n) is 6.95. The summed E-state index contributed by atoms with van der Waals surface area (Å²) in [5, 5.41) is 0. The van der Waals surface area contributed by atoms with Gasteiger partial charge < -0.3 is 21.9 Å². The molecule has 0 radical (unpaired) electrons. The molecule has 0 fully saturated rings. The van der Waals surface area contributed by atoms with Crippen LogP contribution in [0.2, 0.25) is 0 Å². The molecule has 23 heavy (non-hydrogen) atoms. The van der Waals surface area contributed by atoms with E-state index in [-0.39, 0.29) is 18.1 Å². The zero-order valence-electron chi connectivity index (χ0n) is 14.0. The molecule has 2 rings (SSSR count). The molecule has 1 aromatic carbocycles. The highest BCUT2D eigenvalue weighted by molar-refractivity contribution is 5.73. The van der Waals surface area contributed by atoms with Gasteiger partial charge in [0, 0.05) is 11.6 Å². The summed E-state index contributed by atoms with van der Waals surface area (Å²) in [6.07, 6.45) is 3.81. The number of rotatable bonds is 4. The van der Waals surface area contributed by atoms with E-state index in [1.165, 1.54) is 0 Å². The Hall–Kier alpha value is -2.27. The molecular formula is C17H21ClN2O3. The highest BCUT2D eigenvalue weighted by atomic mass is 35.5. The number of aromatic nitrogens is 2. The van der Waals surface area contributed by atoms with Gasteiger partial charge in [-0.1, -0.05) is 12.1 Å². The molecule has 0 unspecified atom stereocenters. The zero-order chi connectivity index (χ0) is 16.3. The Morgan fingerprint density at radius 3 is 2.48 bits per heavy atom. The Kier molecular flexibility index (Phi) is 6.39. The summed E-state index contributed by atoms with van der Waals surface area (Å²) in [7, 11) is 6.73. The number of nitrogens with zero attached hydrogens (tertiary/aromatic N) is 2. The Morgan fingerprint density at radius 2 is 1.87 bits per heavy atom. The molecule has 0 atom stereocenters. The van der Waals surface area contributed by atoms with E-state index >= 15 is 0 Å². The van der Waals surface area contributed by atoms with Gasteiger partial charge in [0.1, 0.15) is 11.4 Å². The van der Waals surface area contributed by atoms with E-state index in [0.717, 1.165) is 17.0 Å². The monoisotopic (exact) mass is 336 g/mol. The lowest BCUT2D eigenvalue weighted by molar-refractivity contribution is -0.696. The maximum atomic E-state index is 12.1. The molecule has 0 aliphatic heterocycles. The summed E-state index contributed by atoms with van der Waals surface area (Å²) < 4.78 is 13.9. The van der Waals surface area contributed by atoms with Gasteiger partial charge in [0.15, 0.2) is 11.5 Å². The summed E-state index contributed by atoms with van der Waals surface area (Å²) in [6.45, 7) is 1.91. The number of hydrogen-bond acceptors (Lipinski definition) is 3. The van der Waals surface area contributed by atoms with Crippen LogP contribution in [0.25, 0.3) is 12.2 Å². The predicted octanol–water partition coefficient (Wildman–Crippen LogP) is -1.29. The van der Waals surface area contributed by atoms with Crippen molar-refractivity contribution in [2.24, 2.45) is 14.1 Å². The summed E-state index contributed by atoms with van der Waals surface area (Å²) in [6, 6.07) is 7.64. The van der Waals surface area contributed by atoms with Crippen molar-refractivity contribution in [3.05, 3.63) is 51.7 Å². The number of hydrogen-bond donors (Lipinski definition) is 0. The molecule has 0 N–H and O–H groups in total. The average molecular weight is 337 g/mol. The molecular weight excluding hydrogens is 316 g/mol. The maximum absolute atomic E-state index is 12.1. The van der Waals surface area contributed by atoms with Gasteiger partial charge in [-0.3, -0.25) is 0 Å². The van der Waals surface area contributed by atoms with E-state index in [4.69, 9.17) is 9.47 Å². The largest absolute Gasteiger partial charge is 1.00 e. The highest BCUT2D eigenvalue weighted by Crippen LogP contribution is 2.31. The lowest BCUT2D eigenvalue weighted by atomic mass is 10.1. The molecule has 2 aromatic rings. The molecule has 0 spiro atoms. The van der Waals surface area contributed by atoms with Crippen LogP contribution in [0.4, 0.5) is 0 Å². The Balaban J connectivity index is 0.00000264. The predicted molar refractivity (Wildman–Crippen MR) is 86.1 cm³/mol. The topological polar surface area (TPSA) is 44.3 Å². The van der Waals surface area contributed by atoms with Crippen molar-refractivity contribution in [3.8, 4) is 11.5 Å². The van der Waals surface area contributed by atoms with Gasteiger partial charge in [0.05, 0.1) is 28.3 Å². The van der Waals surface area contributed by atoms with E-state index in [1.54, 1.807) is 37.4 Å². The molecule has 124 valence electrons. The standard InChI is InChI=1S/C17H21N2O3.ClH/c1-12-11-14(19(3)17(20)18(12)2)10-9-13-7-6-8-15(21-4)16(13)22-5;/h6-11H,1-5H3;1H/q+1;/p-1. The molecule has 0 bridgehead atoms. The van der Waals surface area contributed by atoms with Crippen LogP contribution >= 0.6 is 0 Å². The summed E-state index contributed by atoms with van der Waals surface area (Å²) in [4.78, 5) is 12.1. The number of ether oxygens (including phenoxy) is 2. The highest BCUT2D eigenvalue weighted by Gasteiger charge is 2.12. The molecule has 6 heteroatoms. The van der Waals surface area contributed by atoms with Crippen molar-refractivity contribution in [3.63, 3.8) is 0 Å². The summed E-state index contributed by atoms with van der Waals surface area (Å²) in [5.41, 5.74) is 2.56. The normalized spacial score (nSPS) is 10.5. The molecule has 5 nitrogen and oxygen atoms in total. The molecule has 0 aliphatic carbocycles. The van der Waals surface area contributed by atoms with E-state index in [1.807, 2.05) is 43.3 Å². The molecule has 0 saturated carbocycles. The van der Waals surface area contributed by atoms with E-state index in [9.17, 15) is 4.79 Å². The fourth-order valence-corrected chi connectivity index (χ4v) is 2.27. The van der Waals surface area contributed by atoms with Crippen LogP contribution in [0.3, 0.4) is 0 Å². The van der Waals surface area contributed by atoms with Crippen molar-refractivity contribution in [2.75, 3.05) is 14.2 Å². The molecule has 0 aliphatic rings. The second kappa shape index (κ2) is 7.83. The third-order valence-electron chi connectivity index (χ3n) is 3.71. The van der Waals surface area contributed by atoms with Crippen LogP contribution < -0.4 is 32.1 Å². The van der Waals surface area contributed by atoms with Crippen LogP contribution in [-0.4, -0.2) is 18.8 Å². The molecule has 1 aromatic heterocycles. The van der Waals surface area contributed by atoms with Crippen molar-refractivity contribution in [1.82, 2.24) is 4.57 Å². The molecule has 0 saturated heterocycles. The average Bonchev–Trinajstić information content (AvgIpc) is 2.54. The fraction of sp³-hybridized carbons (Fsp3) is 0.294. The Bertz CT molecular complexity index is 782. The zero-order valence-corrected chi connectivity index (χ0v) is 14.7. The first-order valence-corrected chi connectivity index (χ1v) is 6.95. The van der Waals surface area contributed by atoms with Crippen LogP contribution in [0.1, 0.15) is 17.0 Å². The second-order valence-corrected chi connectivity index (χ2v) is 5.03. The van der Waals surface area contributed by atoms with Gasteiger partial charge in [-0.2, -0.15) is 13.9 Å². The second-order valence-electron chi connectivity index (χ2n) is 5.03. The minimum absolute atomic E-state index is 0. The Morgan fingerprint density at radius 1 is 1.17 bits per heavy atom. The third-order valence-corrected chi connectivity index (χ3v) is 3.71. The quantitative estimate of drug-likeness (QED) is 0.653. The maximum Gasteiger partial charge on any atom is 0.498 e.